The molecule has 0 aliphatic heterocycles. The summed E-state index contributed by atoms with van der Waals surface area (Å²) in [5.41, 5.74) is 2.46. The Hall–Kier alpha value is -1.29. The average Bonchev–Trinajstić information content (AvgIpc) is 2.89. The van der Waals surface area contributed by atoms with Gasteiger partial charge in [0.25, 0.3) is 0 Å². The zero-order valence-corrected chi connectivity index (χ0v) is 13.5. The quantitative estimate of drug-likeness (QED) is 0.745. The molecule has 0 radical (unpaired) electrons. The standard InChI is InChI=1S/C17H23ClN2O/c1-3-8-19-10-15-9-17(21-13-15)12-20(2)11-14-4-6-16(18)7-5-14/h4-7,9,13,19H,3,8,10-12H2,1-2H3. The van der Waals surface area contributed by atoms with Crippen LogP contribution in [0, 0.1) is 0 Å². The fraction of sp³-hybridized carbons (Fsp3) is 0.412. The molecule has 0 fully saturated rings. The third-order valence-corrected chi connectivity index (χ3v) is 3.51. The summed E-state index contributed by atoms with van der Waals surface area (Å²) in [6, 6.07) is 10.1. The fourth-order valence-electron chi connectivity index (χ4n) is 2.23. The van der Waals surface area contributed by atoms with E-state index in [0.717, 1.165) is 43.4 Å². The highest BCUT2D eigenvalue weighted by Crippen LogP contribution is 2.14. The second-order valence-electron chi connectivity index (χ2n) is 5.40. The molecule has 1 N–H and O–H groups in total. The van der Waals surface area contributed by atoms with Crippen molar-refractivity contribution in [3.05, 3.63) is 58.5 Å². The third-order valence-electron chi connectivity index (χ3n) is 3.26. The summed E-state index contributed by atoms with van der Waals surface area (Å²) in [6.07, 6.45) is 2.99. The smallest absolute Gasteiger partial charge is 0.118 e. The summed E-state index contributed by atoms with van der Waals surface area (Å²) >= 11 is 5.90. The van der Waals surface area contributed by atoms with Crippen LogP contribution in [-0.2, 0) is 19.6 Å². The summed E-state index contributed by atoms with van der Waals surface area (Å²) in [7, 11) is 2.09. The van der Waals surface area contributed by atoms with Crippen molar-refractivity contribution in [3.63, 3.8) is 0 Å². The molecule has 2 aromatic rings. The molecule has 0 saturated carbocycles. The van der Waals surface area contributed by atoms with Crippen LogP contribution in [0.2, 0.25) is 5.02 Å². The first-order valence-electron chi connectivity index (χ1n) is 7.37. The number of nitrogens with one attached hydrogen (secondary N) is 1. The van der Waals surface area contributed by atoms with E-state index >= 15 is 0 Å². The minimum atomic E-state index is 0.775. The average molecular weight is 307 g/mol. The van der Waals surface area contributed by atoms with Crippen molar-refractivity contribution in [1.82, 2.24) is 10.2 Å². The number of furan rings is 1. The molecule has 4 heteroatoms. The largest absolute Gasteiger partial charge is 0.468 e. The first-order chi connectivity index (χ1) is 10.2. The van der Waals surface area contributed by atoms with Crippen LogP contribution in [0.5, 0.6) is 0 Å². The van der Waals surface area contributed by atoms with E-state index in [-0.39, 0.29) is 0 Å². The summed E-state index contributed by atoms with van der Waals surface area (Å²) in [5, 5.41) is 4.15. The Bertz CT molecular complexity index is 536. The molecule has 21 heavy (non-hydrogen) atoms. The molecule has 1 heterocycles. The zero-order valence-electron chi connectivity index (χ0n) is 12.7. The van der Waals surface area contributed by atoms with Gasteiger partial charge in [-0.15, -0.1) is 0 Å². The van der Waals surface area contributed by atoms with Gasteiger partial charge in [-0.1, -0.05) is 30.7 Å². The lowest BCUT2D eigenvalue weighted by Crippen LogP contribution is -2.16. The van der Waals surface area contributed by atoms with Crippen LogP contribution >= 0.6 is 11.6 Å². The highest BCUT2D eigenvalue weighted by Gasteiger charge is 2.06. The molecule has 1 aromatic carbocycles. The second kappa shape index (κ2) is 8.23. The van der Waals surface area contributed by atoms with Gasteiger partial charge in [-0.2, -0.15) is 0 Å². The first kappa shape index (κ1) is 16.1. The number of benzene rings is 1. The molecule has 0 atom stereocenters. The fourth-order valence-corrected chi connectivity index (χ4v) is 2.36. The Morgan fingerprint density at radius 3 is 2.62 bits per heavy atom. The van der Waals surface area contributed by atoms with Gasteiger partial charge in [0.05, 0.1) is 12.8 Å². The van der Waals surface area contributed by atoms with Gasteiger partial charge < -0.3 is 9.73 Å². The molecule has 0 bridgehead atoms. The van der Waals surface area contributed by atoms with E-state index in [0.29, 0.717) is 0 Å². The van der Waals surface area contributed by atoms with E-state index in [1.54, 1.807) is 0 Å². The van der Waals surface area contributed by atoms with Crippen LogP contribution in [0.1, 0.15) is 30.2 Å². The van der Waals surface area contributed by atoms with Crippen molar-refractivity contribution in [3.8, 4) is 0 Å². The summed E-state index contributed by atoms with van der Waals surface area (Å²) in [5.74, 6) is 1.000. The molecule has 0 unspecified atom stereocenters. The van der Waals surface area contributed by atoms with E-state index in [2.05, 4.69) is 42.4 Å². The van der Waals surface area contributed by atoms with Gasteiger partial charge in [0.2, 0.25) is 0 Å². The van der Waals surface area contributed by atoms with Crippen LogP contribution in [0.3, 0.4) is 0 Å². The number of hydrogen-bond donors (Lipinski definition) is 1. The van der Waals surface area contributed by atoms with Crippen molar-refractivity contribution >= 4 is 11.6 Å². The minimum absolute atomic E-state index is 0.775. The lowest BCUT2D eigenvalue weighted by molar-refractivity contribution is 0.288. The number of hydrogen-bond acceptors (Lipinski definition) is 3. The Kier molecular flexibility index (Phi) is 6.30. The first-order valence-corrected chi connectivity index (χ1v) is 7.75. The summed E-state index contributed by atoms with van der Waals surface area (Å²) < 4.78 is 5.62. The molecule has 0 aliphatic carbocycles. The van der Waals surface area contributed by atoms with Crippen molar-refractivity contribution in [2.75, 3.05) is 13.6 Å². The van der Waals surface area contributed by atoms with E-state index < -0.39 is 0 Å². The lowest BCUT2D eigenvalue weighted by Gasteiger charge is -2.15. The number of nitrogens with zero attached hydrogens (tertiary/aromatic N) is 1. The second-order valence-corrected chi connectivity index (χ2v) is 5.83. The van der Waals surface area contributed by atoms with Gasteiger partial charge >= 0.3 is 0 Å². The van der Waals surface area contributed by atoms with Gasteiger partial charge in [-0.3, -0.25) is 4.90 Å². The highest BCUT2D eigenvalue weighted by atomic mass is 35.5. The molecule has 114 valence electrons. The maximum absolute atomic E-state index is 5.90. The molecular formula is C17H23ClN2O. The normalized spacial score (nSPS) is 11.2. The van der Waals surface area contributed by atoms with E-state index in [1.807, 2.05) is 18.4 Å². The third kappa shape index (κ3) is 5.54. The Balaban J connectivity index is 1.82. The Labute approximate surface area is 131 Å². The van der Waals surface area contributed by atoms with Crippen LogP contribution in [0.4, 0.5) is 0 Å². The maximum Gasteiger partial charge on any atom is 0.118 e. The predicted octanol–water partition coefficient (Wildman–Crippen LogP) is 4.06. The van der Waals surface area contributed by atoms with Gasteiger partial charge in [-0.05, 0) is 43.8 Å². The molecule has 1 aromatic heterocycles. The van der Waals surface area contributed by atoms with Gasteiger partial charge in [0.1, 0.15) is 5.76 Å². The molecule has 3 nitrogen and oxygen atoms in total. The number of halogens is 1. The van der Waals surface area contributed by atoms with Gasteiger partial charge in [0.15, 0.2) is 0 Å². The van der Waals surface area contributed by atoms with Crippen LogP contribution in [0.15, 0.2) is 41.0 Å². The van der Waals surface area contributed by atoms with Crippen molar-refractivity contribution in [2.24, 2.45) is 0 Å². The molecular weight excluding hydrogens is 284 g/mol. The van der Waals surface area contributed by atoms with Crippen LogP contribution in [-0.4, -0.2) is 18.5 Å². The Morgan fingerprint density at radius 1 is 1.14 bits per heavy atom. The zero-order chi connectivity index (χ0) is 15.1. The van der Waals surface area contributed by atoms with E-state index in [1.165, 1.54) is 11.1 Å². The molecule has 0 saturated heterocycles. The summed E-state index contributed by atoms with van der Waals surface area (Å²) in [6.45, 7) is 5.76. The van der Waals surface area contributed by atoms with Crippen molar-refractivity contribution < 1.29 is 4.42 Å². The lowest BCUT2D eigenvalue weighted by atomic mass is 10.2. The molecule has 0 amide bonds. The molecule has 2 rings (SSSR count). The van der Waals surface area contributed by atoms with Crippen LogP contribution < -0.4 is 5.32 Å². The SMILES string of the molecule is CCCNCc1coc(CN(C)Cc2ccc(Cl)cc2)c1. The minimum Gasteiger partial charge on any atom is -0.468 e. The molecule has 0 spiro atoms. The van der Waals surface area contributed by atoms with Crippen molar-refractivity contribution in [2.45, 2.75) is 33.0 Å². The van der Waals surface area contributed by atoms with Gasteiger partial charge in [0, 0.05) is 23.7 Å². The van der Waals surface area contributed by atoms with Gasteiger partial charge in [-0.25, -0.2) is 0 Å². The monoisotopic (exact) mass is 306 g/mol. The highest BCUT2D eigenvalue weighted by molar-refractivity contribution is 6.30. The summed E-state index contributed by atoms with van der Waals surface area (Å²) in [4.78, 5) is 2.23. The van der Waals surface area contributed by atoms with E-state index in [9.17, 15) is 0 Å². The van der Waals surface area contributed by atoms with E-state index in [4.69, 9.17) is 16.0 Å². The van der Waals surface area contributed by atoms with Crippen molar-refractivity contribution in [1.29, 1.82) is 0 Å². The topological polar surface area (TPSA) is 28.4 Å². The predicted molar refractivity (Wildman–Crippen MR) is 87.3 cm³/mol. The number of rotatable bonds is 8. The maximum atomic E-state index is 5.90. The Morgan fingerprint density at radius 2 is 1.90 bits per heavy atom. The van der Waals surface area contributed by atoms with Crippen LogP contribution in [0.25, 0.3) is 0 Å². The molecule has 0 aliphatic rings.